The van der Waals surface area contributed by atoms with Crippen LogP contribution in [0.3, 0.4) is 0 Å². The zero-order valence-corrected chi connectivity index (χ0v) is 18.2. The molecule has 2 heteroatoms. The van der Waals surface area contributed by atoms with Crippen molar-refractivity contribution in [2.24, 2.45) is 20.8 Å². The molecule has 2 nitrogen and oxygen atoms in total. The number of hydrogen-bond acceptors (Lipinski definition) is 2. The maximum absolute atomic E-state index is 4.94. The summed E-state index contributed by atoms with van der Waals surface area (Å²) in [4.78, 5) is 9.75. The van der Waals surface area contributed by atoms with E-state index in [1.54, 1.807) is 0 Å². The molecule has 1 aliphatic heterocycles. The lowest BCUT2D eigenvalue weighted by Gasteiger charge is -2.39. The van der Waals surface area contributed by atoms with Crippen molar-refractivity contribution in [3.63, 3.8) is 0 Å². The molecule has 0 N–H and O–H groups in total. The maximum atomic E-state index is 4.94. The van der Waals surface area contributed by atoms with Crippen LogP contribution >= 0.6 is 0 Å². The highest BCUT2D eigenvalue weighted by Gasteiger charge is 2.38. The second kappa shape index (κ2) is 9.64. The van der Waals surface area contributed by atoms with Gasteiger partial charge in [0.1, 0.15) is 0 Å². The van der Waals surface area contributed by atoms with E-state index in [-0.39, 0.29) is 10.8 Å². The molecule has 0 aromatic heterocycles. The molecule has 2 aromatic carbocycles. The van der Waals surface area contributed by atoms with Crippen molar-refractivity contribution in [3.05, 3.63) is 77.9 Å². The Morgan fingerprint density at radius 3 is 1.82 bits per heavy atom. The SMILES string of the molecule is CCC.CCC(C)(C)C1(C)C=NC(c2ccccc2)=NC(c2ccccc2)=C1. The summed E-state index contributed by atoms with van der Waals surface area (Å²) in [7, 11) is 0. The average molecular weight is 375 g/mol. The standard InChI is InChI=1S/C23H26N2.C3H8/c1-5-22(2,3)23(4)16-20(18-12-8-6-9-13-18)25-21(24-17-23)19-14-10-7-11-15-19;1-3-2/h6-17H,5H2,1-4H3;3H2,1-2H3. The van der Waals surface area contributed by atoms with Crippen molar-refractivity contribution in [1.82, 2.24) is 0 Å². The van der Waals surface area contributed by atoms with Crippen LogP contribution in [-0.4, -0.2) is 12.1 Å². The molecule has 28 heavy (non-hydrogen) atoms. The fourth-order valence-corrected chi connectivity index (χ4v) is 2.93. The highest BCUT2D eigenvalue weighted by Crippen LogP contribution is 2.44. The molecule has 0 saturated heterocycles. The Morgan fingerprint density at radius 1 is 0.821 bits per heavy atom. The van der Waals surface area contributed by atoms with E-state index in [2.05, 4.69) is 90.2 Å². The van der Waals surface area contributed by atoms with E-state index in [0.29, 0.717) is 0 Å². The zero-order valence-electron chi connectivity index (χ0n) is 18.2. The summed E-state index contributed by atoms with van der Waals surface area (Å²) in [5.41, 5.74) is 3.06. The molecule has 0 radical (unpaired) electrons. The van der Waals surface area contributed by atoms with Gasteiger partial charge in [0.05, 0.1) is 5.70 Å². The van der Waals surface area contributed by atoms with Crippen LogP contribution in [0.5, 0.6) is 0 Å². The molecule has 3 rings (SSSR count). The molecule has 0 aliphatic carbocycles. The number of nitrogens with zero attached hydrogens (tertiary/aromatic N) is 2. The van der Waals surface area contributed by atoms with Crippen LogP contribution in [0.4, 0.5) is 0 Å². The van der Waals surface area contributed by atoms with Gasteiger partial charge in [0, 0.05) is 17.2 Å². The molecular weight excluding hydrogens is 340 g/mol. The smallest absolute Gasteiger partial charge is 0.159 e. The van der Waals surface area contributed by atoms with Crippen LogP contribution in [0, 0.1) is 10.8 Å². The summed E-state index contributed by atoms with van der Waals surface area (Å²) in [6.45, 7) is 13.3. The lowest BCUT2D eigenvalue weighted by atomic mass is 9.65. The highest BCUT2D eigenvalue weighted by atomic mass is 14.9. The van der Waals surface area contributed by atoms with Crippen molar-refractivity contribution >= 4 is 17.7 Å². The van der Waals surface area contributed by atoms with Crippen molar-refractivity contribution in [2.75, 3.05) is 0 Å². The van der Waals surface area contributed by atoms with Gasteiger partial charge in [-0.1, -0.05) is 109 Å². The van der Waals surface area contributed by atoms with Crippen LogP contribution < -0.4 is 0 Å². The first kappa shape index (κ1) is 21.8. The maximum Gasteiger partial charge on any atom is 0.159 e. The minimum absolute atomic E-state index is 0.0815. The van der Waals surface area contributed by atoms with Gasteiger partial charge in [-0.25, -0.2) is 9.98 Å². The predicted octanol–water partition coefficient (Wildman–Crippen LogP) is 7.42. The summed E-state index contributed by atoms with van der Waals surface area (Å²) < 4.78 is 0. The quantitative estimate of drug-likeness (QED) is 0.532. The lowest BCUT2D eigenvalue weighted by Crippen LogP contribution is -2.34. The van der Waals surface area contributed by atoms with Crippen LogP contribution in [0.1, 0.15) is 65.5 Å². The first-order valence-electron chi connectivity index (χ1n) is 10.3. The molecule has 0 spiro atoms. The monoisotopic (exact) mass is 374 g/mol. The summed E-state index contributed by atoms with van der Waals surface area (Å²) in [5.74, 6) is 0.770. The van der Waals surface area contributed by atoms with E-state index in [0.717, 1.165) is 29.1 Å². The van der Waals surface area contributed by atoms with Gasteiger partial charge in [0.25, 0.3) is 0 Å². The fourth-order valence-electron chi connectivity index (χ4n) is 2.93. The Morgan fingerprint density at radius 2 is 1.32 bits per heavy atom. The van der Waals surface area contributed by atoms with E-state index in [4.69, 9.17) is 9.98 Å². The van der Waals surface area contributed by atoms with Crippen molar-refractivity contribution < 1.29 is 0 Å². The van der Waals surface area contributed by atoms with Crippen molar-refractivity contribution in [3.8, 4) is 0 Å². The molecular formula is C26H34N2. The second-order valence-corrected chi connectivity index (χ2v) is 8.18. The largest absolute Gasteiger partial charge is 0.240 e. The minimum atomic E-state index is -0.174. The van der Waals surface area contributed by atoms with E-state index in [1.807, 2.05) is 24.3 Å². The third kappa shape index (κ3) is 5.07. The summed E-state index contributed by atoms with van der Waals surface area (Å²) in [5, 5.41) is 0. The van der Waals surface area contributed by atoms with Gasteiger partial charge in [0.2, 0.25) is 0 Å². The van der Waals surface area contributed by atoms with Crippen LogP contribution in [0.25, 0.3) is 5.70 Å². The number of benzene rings is 2. The number of aliphatic imine (C=N–C) groups is 2. The van der Waals surface area contributed by atoms with Crippen molar-refractivity contribution in [2.45, 2.75) is 54.4 Å². The van der Waals surface area contributed by atoms with E-state index in [9.17, 15) is 0 Å². The Balaban J connectivity index is 0.000000878. The number of rotatable bonds is 4. The predicted molar refractivity (Wildman–Crippen MR) is 124 cm³/mol. The zero-order chi connectivity index (χ0) is 20.6. The topological polar surface area (TPSA) is 24.7 Å². The van der Waals surface area contributed by atoms with E-state index < -0.39 is 0 Å². The van der Waals surface area contributed by atoms with Gasteiger partial charge in [-0.3, -0.25) is 0 Å². The molecule has 2 aromatic rings. The highest BCUT2D eigenvalue weighted by molar-refractivity contribution is 6.07. The first-order chi connectivity index (χ1) is 13.4. The Kier molecular flexibility index (Phi) is 7.51. The molecule has 0 saturated carbocycles. The average Bonchev–Trinajstić information content (AvgIpc) is 2.90. The number of hydrogen-bond donors (Lipinski definition) is 0. The minimum Gasteiger partial charge on any atom is -0.240 e. The van der Waals surface area contributed by atoms with Crippen LogP contribution in [0.15, 0.2) is 76.7 Å². The molecule has 0 bridgehead atoms. The Labute approximate surface area is 171 Å². The Hall–Kier alpha value is -2.48. The summed E-state index contributed by atoms with van der Waals surface area (Å²) >= 11 is 0. The summed E-state index contributed by atoms with van der Waals surface area (Å²) in [6, 6.07) is 20.6. The van der Waals surface area contributed by atoms with Gasteiger partial charge in [-0.15, -0.1) is 0 Å². The van der Waals surface area contributed by atoms with Gasteiger partial charge in [0.15, 0.2) is 5.84 Å². The summed E-state index contributed by atoms with van der Waals surface area (Å²) in [6.07, 6.45) is 6.68. The molecule has 0 fully saturated rings. The van der Waals surface area contributed by atoms with Crippen molar-refractivity contribution in [1.29, 1.82) is 0 Å². The molecule has 1 unspecified atom stereocenters. The van der Waals surface area contributed by atoms with Crippen LogP contribution in [-0.2, 0) is 0 Å². The number of allylic oxidation sites excluding steroid dienone is 1. The Bertz CT molecular complexity index is 829. The molecule has 1 aliphatic rings. The van der Waals surface area contributed by atoms with Crippen LogP contribution in [0.2, 0.25) is 0 Å². The van der Waals surface area contributed by atoms with Gasteiger partial charge in [-0.2, -0.15) is 0 Å². The lowest BCUT2D eigenvalue weighted by molar-refractivity contribution is 0.216. The second-order valence-electron chi connectivity index (χ2n) is 8.18. The third-order valence-corrected chi connectivity index (χ3v) is 5.56. The third-order valence-electron chi connectivity index (χ3n) is 5.56. The molecule has 0 amide bonds. The number of amidine groups is 1. The first-order valence-corrected chi connectivity index (χ1v) is 10.3. The van der Waals surface area contributed by atoms with Gasteiger partial charge >= 0.3 is 0 Å². The fraction of sp³-hybridized carbons (Fsp3) is 0.385. The van der Waals surface area contributed by atoms with Gasteiger partial charge < -0.3 is 0 Å². The molecule has 148 valence electrons. The van der Waals surface area contributed by atoms with E-state index >= 15 is 0 Å². The molecule has 1 atom stereocenters. The molecule has 1 heterocycles. The van der Waals surface area contributed by atoms with E-state index in [1.165, 1.54) is 6.42 Å². The normalized spacial score (nSPS) is 19.1. The van der Waals surface area contributed by atoms with Gasteiger partial charge in [-0.05, 0) is 23.5 Å².